The van der Waals surface area contributed by atoms with E-state index in [-0.39, 0.29) is 19.1 Å². The number of nitrogens with one attached hydrogen (secondary N) is 1. The summed E-state index contributed by atoms with van der Waals surface area (Å²) in [5, 5.41) is 14.2. The summed E-state index contributed by atoms with van der Waals surface area (Å²) in [4.78, 5) is 25.8. The molecule has 0 aromatic rings. The maximum atomic E-state index is 13.1. The maximum Gasteiger partial charge on any atom is 0.268 e. The number of aliphatic hydroxyl groups excluding tert-OH is 1. The van der Waals surface area contributed by atoms with E-state index in [0.717, 1.165) is 64.2 Å². The highest BCUT2D eigenvalue weighted by Crippen LogP contribution is 2.38. The molecule has 0 aliphatic rings. The van der Waals surface area contributed by atoms with Crippen molar-refractivity contribution in [1.82, 2.24) is 5.32 Å². The Kier molecular flexibility index (Phi) is 73.4. The van der Waals surface area contributed by atoms with Crippen molar-refractivity contribution in [3.05, 3.63) is 48.6 Å². The van der Waals surface area contributed by atoms with Gasteiger partial charge in [0.25, 0.3) is 7.82 Å². The number of carbonyl (C=O) groups excluding carboxylic acids is 1. The van der Waals surface area contributed by atoms with Crippen molar-refractivity contribution in [1.29, 1.82) is 0 Å². The topological polar surface area (TPSA) is 108 Å². The fraction of sp³-hybridized carbons (Fsp3) is 0.893. The van der Waals surface area contributed by atoms with Crippen molar-refractivity contribution in [3.8, 4) is 0 Å². The van der Waals surface area contributed by atoms with E-state index >= 15 is 0 Å². The highest BCUT2D eigenvalue weighted by atomic mass is 31.2. The van der Waals surface area contributed by atoms with Gasteiger partial charge in [0.1, 0.15) is 13.2 Å². The number of aliphatic hydroxyl groups is 1. The Morgan fingerprint density at radius 2 is 0.656 bits per heavy atom. The molecule has 0 saturated carbocycles. The number of hydrogen-bond donors (Lipinski definition) is 2. The molecule has 0 spiro atoms. The summed E-state index contributed by atoms with van der Waals surface area (Å²) in [6.45, 7) is 4.68. The second kappa shape index (κ2) is 74.7. The molecule has 0 aromatic heterocycles. The number of phosphoric ester groups is 1. The third-order valence-electron chi connectivity index (χ3n) is 19.3. The second-order valence-electron chi connectivity index (χ2n) is 29.8. The molecule has 0 heterocycles. The van der Waals surface area contributed by atoms with Crippen molar-refractivity contribution in [3.63, 3.8) is 0 Å². The molecule has 1 amide bonds. The summed E-state index contributed by atoms with van der Waals surface area (Å²) in [5.74, 6) is -0.154. The van der Waals surface area contributed by atoms with Gasteiger partial charge in [-0.15, -0.1) is 0 Å². The predicted molar refractivity (Wildman–Crippen MR) is 408 cm³/mol. The van der Waals surface area contributed by atoms with Crippen LogP contribution in [0.5, 0.6) is 0 Å². The Labute approximate surface area is 581 Å². The van der Waals surface area contributed by atoms with Crippen molar-refractivity contribution in [2.45, 2.75) is 443 Å². The molecule has 0 aliphatic heterocycles. The Bertz CT molecular complexity index is 1660. The van der Waals surface area contributed by atoms with E-state index in [4.69, 9.17) is 9.05 Å². The first-order valence-corrected chi connectivity index (χ1v) is 42.9. The molecule has 3 atom stereocenters. The van der Waals surface area contributed by atoms with Crippen LogP contribution in [0.15, 0.2) is 48.6 Å². The van der Waals surface area contributed by atoms with Gasteiger partial charge in [0.2, 0.25) is 5.91 Å². The first-order chi connectivity index (χ1) is 45.5. The Morgan fingerprint density at radius 3 is 0.957 bits per heavy atom. The Morgan fingerprint density at radius 1 is 0.387 bits per heavy atom. The van der Waals surface area contributed by atoms with Gasteiger partial charge in [0.15, 0.2) is 0 Å². The van der Waals surface area contributed by atoms with Gasteiger partial charge in [-0.3, -0.25) is 9.36 Å². The lowest BCUT2D eigenvalue weighted by molar-refractivity contribution is -0.870. The molecule has 8 nitrogen and oxygen atoms in total. The van der Waals surface area contributed by atoms with Gasteiger partial charge in [-0.2, -0.15) is 0 Å². The molecular formula is C84H163N2O6P. The Balaban J connectivity index is 3.87. The SMILES string of the molecule is CC/C=C\C/C=C\C/C=C\C/C=C\CCCCCCCCCCCCCCCCCCCCCCCCCCCCCCC(=O)NC(COP(=O)([O-])OCC[N+](C)(C)C)C(O)CCCCCCCCCCCCCCCCCCCCCCCCCCCCCCCC. The highest BCUT2D eigenvalue weighted by molar-refractivity contribution is 7.45. The summed E-state index contributed by atoms with van der Waals surface area (Å²) < 4.78 is 23.6. The summed E-state index contributed by atoms with van der Waals surface area (Å²) >= 11 is 0. The third kappa shape index (κ3) is 77.7. The van der Waals surface area contributed by atoms with E-state index in [1.165, 1.54) is 340 Å². The fourth-order valence-electron chi connectivity index (χ4n) is 13.0. The quantitative estimate of drug-likeness (QED) is 0.0272. The minimum absolute atomic E-state index is 0.0151. The molecule has 0 saturated heterocycles. The molecule has 93 heavy (non-hydrogen) atoms. The van der Waals surface area contributed by atoms with Gasteiger partial charge in [0, 0.05) is 6.42 Å². The number of hydrogen-bond acceptors (Lipinski definition) is 6. The fourth-order valence-corrected chi connectivity index (χ4v) is 13.7. The van der Waals surface area contributed by atoms with Crippen LogP contribution >= 0.6 is 7.82 Å². The summed E-state index contributed by atoms with van der Waals surface area (Å²) in [6, 6.07) is -0.801. The zero-order valence-corrected chi connectivity index (χ0v) is 64.1. The second-order valence-corrected chi connectivity index (χ2v) is 31.2. The normalized spacial score (nSPS) is 13.7. The van der Waals surface area contributed by atoms with Gasteiger partial charge in [-0.05, 0) is 51.4 Å². The van der Waals surface area contributed by atoms with Crippen LogP contribution in [0, 0.1) is 0 Å². The number of phosphoric acid groups is 1. The standard InChI is InChI=1S/C84H163N2O6P/c1-6-8-10-12-14-16-18-20-22-24-26-28-30-32-34-36-38-39-40-41-42-43-44-45-46-47-48-50-52-54-56-58-60-62-64-66-68-70-72-74-76-78-84(88)85-82(81-92-93(89,90)91-80-79-86(3,4)5)83(87)77-75-73-71-69-67-65-63-61-59-57-55-53-51-49-37-35-33-31-29-27-25-23-21-19-17-15-13-11-9-7-2/h8,10,14,16,20,22,26,28,82-83,87H,6-7,9,11-13,15,17-19,21,23-25,27,29-81H2,1-5H3,(H-,85,88,89,90)/b10-8-,16-14-,22-20-,28-26-. The molecule has 0 aliphatic carbocycles. The number of amides is 1. The number of nitrogens with zero attached hydrogens (tertiary/aromatic N) is 1. The third-order valence-corrected chi connectivity index (χ3v) is 20.3. The molecule has 9 heteroatoms. The van der Waals surface area contributed by atoms with Crippen molar-refractivity contribution >= 4 is 13.7 Å². The smallest absolute Gasteiger partial charge is 0.268 e. The molecule has 0 radical (unpaired) electrons. The van der Waals surface area contributed by atoms with Crippen LogP contribution in [0.1, 0.15) is 431 Å². The average molecular weight is 1330 g/mol. The van der Waals surface area contributed by atoms with Crippen LogP contribution in [0.25, 0.3) is 0 Å². The lowest BCUT2D eigenvalue weighted by Gasteiger charge is -2.30. The van der Waals surface area contributed by atoms with Gasteiger partial charge in [-0.1, -0.05) is 422 Å². The Hall–Kier alpha value is -1.54. The maximum absolute atomic E-state index is 13.1. The van der Waals surface area contributed by atoms with Crippen LogP contribution in [0.3, 0.4) is 0 Å². The summed E-state index contributed by atoms with van der Waals surface area (Å²) in [6.07, 6.45) is 103. The van der Waals surface area contributed by atoms with Crippen LogP contribution in [0.4, 0.5) is 0 Å². The first kappa shape index (κ1) is 91.5. The van der Waals surface area contributed by atoms with Crippen molar-refractivity contribution < 1.29 is 32.9 Å². The average Bonchev–Trinajstić information content (AvgIpc) is 2.75. The lowest BCUT2D eigenvalue weighted by Crippen LogP contribution is -2.46. The van der Waals surface area contributed by atoms with Gasteiger partial charge in [0.05, 0.1) is 39.9 Å². The zero-order chi connectivity index (χ0) is 67.6. The van der Waals surface area contributed by atoms with E-state index in [9.17, 15) is 19.4 Å². The molecule has 550 valence electrons. The largest absolute Gasteiger partial charge is 0.756 e. The zero-order valence-electron chi connectivity index (χ0n) is 63.2. The molecule has 0 rings (SSSR count). The summed E-state index contributed by atoms with van der Waals surface area (Å²) in [5.41, 5.74) is 0. The predicted octanol–water partition coefficient (Wildman–Crippen LogP) is 26.7. The van der Waals surface area contributed by atoms with E-state index in [1.54, 1.807) is 0 Å². The van der Waals surface area contributed by atoms with Crippen LogP contribution in [-0.2, 0) is 18.4 Å². The first-order valence-electron chi connectivity index (χ1n) is 41.5. The van der Waals surface area contributed by atoms with E-state index in [2.05, 4.69) is 67.8 Å². The molecular weight excluding hydrogens is 1160 g/mol. The lowest BCUT2D eigenvalue weighted by atomic mass is 10.0. The van der Waals surface area contributed by atoms with Crippen LogP contribution < -0.4 is 10.2 Å². The monoisotopic (exact) mass is 1330 g/mol. The molecule has 0 bridgehead atoms. The molecule has 0 fully saturated rings. The van der Waals surface area contributed by atoms with E-state index in [1.807, 2.05) is 21.1 Å². The molecule has 2 N–H and O–H groups in total. The number of carbonyl (C=O) groups is 1. The van der Waals surface area contributed by atoms with E-state index in [0.29, 0.717) is 23.9 Å². The number of allylic oxidation sites excluding steroid dienone is 8. The number of likely N-dealkylation sites (N-methyl/N-ethyl adjacent to an activating group) is 1. The molecule has 3 unspecified atom stereocenters. The van der Waals surface area contributed by atoms with Gasteiger partial charge < -0.3 is 28.8 Å². The number of unbranched alkanes of at least 4 members (excludes halogenated alkanes) is 57. The highest BCUT2D eigenvalue weighted by Gasteiger charge is 2.24. The van der Waals surface area contributed by atoms with Crippen molar-refractivity contribution in [2.24, 2.45) is 0 Å². The van der Waals surface area contributed by atoms with Crippen LogP contribution in [-0.4, -0.2) is 68.5 Å². The minimum Gasteiger partial charge on any atom is -0.756 e. The van der Waals surface area contributed by atoms with E-state index < -0.39 is 20.0 Å². The minimum atomic E-state index is -4.58. The molecule has 0 aromatic carbocycles. The van der Waals surface area contributed by atoms with Crippen molar-refractivity contribution in [2.75, 3.05) is 40.9 Å². The number of quaternary nitrogens is 1. The number of rotatable bonds is 78. The van der Waals surface area contributed by atoms with Gasteiger partial charge in [-0.25, -0.2) is 0 Å². The summed E-state index contributed by atoms with van der Waals surface area (Å²) in [7, 11) is 1.33. The van der Waals surface area contributed by atoms with Gasteiger partial charge >= 0.3 is 0 Å². The van der Waals surface area contributed by atoms with Crippen LogP contribution in [0.2, 0.25) is 0 Å².